The number of Topliss-reactive ketones (excluding diaryl/α,β-unsaturated/α-hetero) is 3. The van der Waals surface area contributed by atoms with Gasteiger partial charge in [-0.15, -0.1) is 0 Å². The maximum Gasteiger partial charge on any atom is 0.306 e. The van der Waals surface area contributed by atoms with Gasteiger partial charge in [0.05, 0.1) is 6.42 Å². The summed E-state index contributed by atoms with van der Waals surface area (Å²) in [4.78, 5) is 58.6. The summed E-state index contributed by atoms with van der Waals surface area (Å²) in [5.41, 5.74) is 0. The van der Waals surface area contributed by atoms with E-state index in [9.17, 15) is 24.0 Å². The molecule has 1 unspecified atom stereocenters. The SMILES string of the molecule is CC(=O)CC1CCCCCC(=O)O[C@H](CC(C)=O)CCC(=O)CCC(=O)O1. The van der Waals surface area contributed by atoms with Gasteiger partial charge in [-0.05, 0) is 39.5 Å². The van der Waals surface area contributed by atoms with E-state index in [2.05, 4.69) is 0 Å². The van der Waals surface area contributed by atoms with Crippen molar-refractivity contribution in [2.45, 2.75) is 96.7 Å². The van der Waals surface area contributed by atoms with Gasteiger partial charge < -0.3 is 9.47 Å². The minimum Gasteiger partial charge on any atom is -0.462 e. The zero-order chi connectivity index (χ0) is 20.2. The third kappa shape index (κ3) is 11.3. The second kappa shape index (κ2) is 12.4. The van der Waals surface area contributed by atoms with Crippen LogP contribution in [0.1, 0.15) is 84.5 Å². The Bertz CT molecular complexity index is 553. The maximum absolute atomic E-state index is 12.0. The van der Waals surface area contributed by atoms with E-state index in [0.717, 1.165) is 6.42 Å². The number of hydrogen-bond acceptors (Lipinski definition) is 7. The number of cyclic esters (lactones) is 2. The Morgan fingerprint density at radius 2 is 1.30 bits per heavy atom. The molecule has 0 spiro atoms. The zero-order valence-electron chi connectivity index (χ0n) is 16.3. The fourth-order valence-electron chi connectivity index (χ4n) is 3.04. The quantitative estimate of drug-likeness (QED) is 0.689. The van der Waals surface area contributed by atoms with Crippen molar-refractivity contribution in [2.75, 3.05) is 0 Å². The van der Waals surface area contributed by atoms with E-state index >= 15 is 0 Å². The van der Waals surface area contributed by atoms with Gasteiger partial charge in [-0.25, -0.2) is 0 Å². The minimum absolute atomic E-state index is 0.0341. The van der Waals surface area contributed by atoms with Crippen molar-refractivity contribution in [3.8, 4) is 0 Å². The van der Waals surface area contributed by atoms with Gasteiger partial charge in [-0.3, -0.25) is 24.0 Å². The number of ketones is 3. The predicted molar refractivity (Wildman–Crippen MR) is 96.9 cm³/mol. The van der Waals surface area contributed by atoms with Crippen LogP contribution >= 0.6 is 0 Å². The number of carbonyl (C=O) groups is 5. The Labute approximate surface area is 160 Å². The molecule has 0 aromatic carbocycles. The third-order valence-electron chi connectivity index (χ3n) is 4.39. The Kier molecular flexibility index (Phi) is 10.5. The first-order valence-corrected chi connectivity index (χ1v) is 9.65. The van der Waals surface area contributed by atoms with Crippen LogP contribution in [0.15, 0.2) is 0 Å². The van der Waals surface area contributed by atoms with Crippen LogP contribution in [0.5, 0.6) is 0 Å². The molecule has 7 nitrogen and oxygen atoms in total. The number of ether oxygens (including phenoxy) is 2. The summed E-state index contributed by atoms with van der Waals surface area (Å²) in [6.45, 7) is 2.87. The number of rotatable bonds is 4. The van der Waals surface area contributed by atoms with Crippen LogP contribution in [0.2, 0.25) is 0 Å². The summed E-state index contributed by atoms with van der Waals surface area (Å²) in [5, 5.41) is 0. The molecule has 1 heterocycles. The van der Waals surface area contributed by atoms with Gasteiger partial charge in [0.1, 0.15) is 29.6 Å². The van der Waals surface area contributed by atoms with Gasteiger partial charge in [0.15, 0.2) is 0 Å². The number of carbonyl (C=O) groups excluding carboxylic acids is 5. The van der Waals surface area contributed by atoms with Crippen LogP contribution < -0.4 is 0 Å². The summed E-state index contributed by atoms with van der Waals surface area (Å²) < 4.78 is 10.7. The second-order valence-corrected chi connectivity index (χ2v) is 7.21. The molecular weight excluding hydrogens is 352 g/mol. The summed E-state index contributed by atoms with van der Waals surface area (Å²) >= 11 is 0. The maximum atomic E-state index is 12.0. The second-order valence-electron chi connectivity index (χ2n) is 7.21. The van der Waals surface area contributed by atoms with Crippen LogP contribution in [0.25, 0.3) is 0 Å². The summed E-state index contributed by atoms with van der Waals surface area (Å²) in [6.07, 6.45) is 2.43. The van der Waals surface area contributed by atoms with Gasteiger partial charge in [0, 0.05) is 32.1 Å². The van der Waals surface area contributed by atoms with E-state index < -0.39 is 18.2 Å². The van der Waals surface area contributed by atoms with Crippen LogP contribution in [0.4, 0.5) is 0 Å². The molecule has 2 atom stereocenters. The molecule has 0 radical (unpaired) electrons. The van der Waals surface area contributed by atoms with Crippen LogP contribution in [-0.4, -0.2) is 41.5 Å². The summed E-state index contributed by atoms with van der Waals surface area (Å²) in [7, 11) is 0. The number of esters is 2. The molecule has 1 aliphatic rings. The highest BCUT2D eigenvalue weighted by Gasteiger charge is 2.21. The normalized spacial score (nSPS) is 24.0. The lowest BCUT2D eigenvalue weighted by Gasteiger charge is -2.18. The molecule has 27 heavy (non-hydrogen) atoms. The highest BCUT2D eigenvalue weighted by atomic mass is 16.5. The average Bonchev–Trinajstić information content (AvgIpc) is 2.55. The Balaban J connectivity index is 2.70. The van der Waals surface area contributed by atoms with E-state index in [0.29, 0.717) is 19.3 Å². The Morgan fingerprint density at radius 1 is 0.741 bits per heavy atom. The fourth-order valence-corrected chi connectivity index (χ4v) is 3.04. The molecule has 1 fully saturated rings. The highest BCUT2D eigenvalue weighted by Crippen LogP contribution is 2.16. The first-order valence-electron chi connectivity index (χ1n) is 9.65. The van der Waals surface area contributed by atoms with Crippen molar-refractivity contribution in [3.63, 3.8) is 0 Å². The zero-order valence-corrected chi connectivity index (χ0v) is 16.3. The smallest absolute Gasteiger partial charge is 0.306 e. The van der Waals surface area contributed by atoms with E-state index in [-0.39, 0.29) is 68.3 Å². The van der Waals surface area contributed by atoms with E-state index in [1.165, 1.54) is 13.8 Å². The Hall–Kier alpha value is -2.05. The molecule has 0 bridgehead atoms. The molecule has 0 aromatic heterocycles. The van der Waals surface area contributed by atoms with Crippen LogP contribution in [-0.2, 0) is 33.4 Å². The molecule has 1 rings (SSSR count). The monoisotopic (exact) mass is 382 g/mol. The molecule has 0 aliphatic carbocycles. The van der Waals surface area contributed by atoms with Gasteiger partial charge >= 0.3 is 11.9 Å². The molecule has 1 aliphatic heterocycles. The van der Waals surface area contributed by atoms with Gasteiger partial charge in [-0.2, -0.15) is 0 Å². The number of hydrogen-bond donors (Lipinski definition) is 0. The minimum atomic E-state index is -0.598. The van der Waals surface area contributed by atoms with Crippen molar-refractivity contribution in [1.29, 1.82) is 0 Å². The lowest BCUT2D eigenvalue weighted by Crippen LogP contribution is -2.23. The van der Waals surface area contributed by atoms with Gasteiger partial charge in [0.2, 0.25) is 0 Å². The van der Waals surface area contributed by atoms with Crippen molar-refractivity contribution in [2.24, 2.45) is 0 Å². The summed E-state index contributed by atoms with van der Waals surface area (Å²) in [5.74, 6) is -1.15. The topological polar surface area (TPSA) is 104 Å². The van der Waals surface area contributed by atoms with Gasteiger partial charge in [-0.1, -0.05) is 6.42 Å². The predicted octanol–water partition coefficient (Wildman–Crippen LogP) is 2.86. The largest absolute Gasteiger partial charge is 0.462 e. The standard InChI is InChI=1S/C20H30O7/c1-14(21)12-17-6-4-3-5-7-19(24)27-18(13-15(2)22)10-8-16(23)9-11-20(25)26-17/h17-18H,3-13H2,1-2H3/t17?,18-/m0/s1. The lowest BCUT2D eigenvalue weighted by atomic mass is 10.0. The first-order chi connectivity index (χ1) is 12.8. The molecule has 0 aromatic rings. The summed E-state index contributed by atoms with van der Waals surface area (Å²) in [6, 6.07) is 0. The fraction of sp³-hybridized carbons (Fsp3) is 0.750. The van der Waals surface area contributed by atoms with Crippen LogP contribution in [0, 0.1) is 0 Å². The molecule has 0 saturated carbocycles. The van der Waals surface area contributed by atoms with E-state index in [4.69, 9.17) is 9.47 Å². The first kappa shape index (κ1) is 23.0. The molecule has 0 amide bonds. The highest BCUT2D eigenvalue weighted by molar-refractivity contribution is 5.83. The van der Waals surface area contributed by atoms with Crippen molar-refractivity contribution < 1.29 is 33.4 Å². The molecule has 152 valence electrons. The Morgan fingerprint density at radius 3 is 1.89 bits per heavy atom. The van der Waals surface area contributed by atoms with Crippen molar-refractivity contribution in [3.05, 3.63) is 0 Å². The van der Waals surface area contributed by atoms with Gasteiger partial charge in [0.25, 0.3) is 0 Å². The van der Waals surface area contributed by atoms with Crippen molar-refractivity contribution >= 4 is 29.3 Å². The molecular formula is C20H30O7. The lowest BCUT2D eigenvalue weighted by molar-refractivity contribution is -0.151. The third-order valence-corrected chi connectivity index (χ3v) is 4.39. The molecule has 0 N–H and O–H groups in total. The average molecular weight is 382 g/mol. The molecule has 7 heteroatoms. The van der Waals surface area contributed by atoms with Crippen LogP contribution in [0.3, 0.4) is 0 Å². The van der Waals surface area contributed by atoms with E-state index in [1.807, 2.05) is 0 Å². The molecule has 1 saturated heterocycles. The van der Waals surface area contributed by atoms with E-state index in [1.54, 1.807) is 0 Å². The van der Waals surface area contributed by atoms with Crippen molar-refractivity contribution in [1.82, 2.24) is 0 Å².